The first-order valence-electron chi connectivity index (χ1n) is 7.52. The highest BCUT2D eigenvalue weighted by atomic mass is 16.6. The maximum atomic E-state index is 12.3. The maximum absolute atomic E-state index is 12.3. The van der Waals surface area contributed by atoms with Crippen molar-refractivity contribution in [2.45, 2.75) is 44.9 Å². The summed E-state index contributed by atoms with van der Waals surface area (Å²) >= 11 is 0. The van der Waals surface area contributed by atoms with Crippen LogP contribution in [0, 0.1) is 0 Å². The third kappa shape index (κ3) is 4.68. The molecule has 0 spiro atoms. The van der Waals surface area contributed by atoms with Crippen molar-refractivity contribution in [1.82, 2.24) is 9.88 Å². The Morgan fingerprint density at radius 3 is 2.95 bits per heavy atom. The van der Waals surface area contributed by atoms with Gasteiger partial charge in [-0.15, -0.1) is 0 Å². The smallest absolute Gasteiger partial charge is 0.410 e. The molecule has 1 aliphatic heterocycles. The highest BCUT2D eigenvalue weighted by molar-refractivity contribution is 5.68. The van der Waals surface area contributed by atoms with E-state index in [2.05, 4.69) is 4.98 Å². The Balaban J connectivity index is 2.04. The normalized spacial score (nSPS) is 20.5. The van der Waals surface area contributed by atoms with Crippen LogP contribution in [0.2, 0.25) is 0 Å². The minimum absolute atomic E-state index is 0.299. The molecule has 1 N–H and O–H groups in total. The van der Waals surface area contributed by atoms with Gasteiger partial charge in [0.05, 0.1) is 25.4 Å². The van der Waals surface area contributed by atoms with Crippen LogP contribution < -0.4 is 0 Å². The number of amides is 1. The summed E-state index contributed by atoms with van der Waals surface area (Å²) in [5, 5.41) is 10.5. The number of hydrogen-bond acceptors (Lipinski definition) is 5. The van der Waals surface area contributed by atoms with E-state index in [1.165, 1.54) is 0 Å². The zero-order valence-corrected chi connectivity index (χ0v) is 13.4. The Kier molecular flexibility index (Phi) is 5.37. The lowest BCUT2D eigenvalue weighted by molar-refractivity contribution is -0.0661. The number of nitrogens with zero attached hydrogens (tertiary/aromatic N) is 2. The van der Waals surface area contributed by atoms with E-state index in [1.54, 1.807) is 11.1 Å². The van der Waals surface area contributed by atoms with E-state index in [0.29, 0.717) is 26.2 Å². The maximum Gasteiger partial charge on any atom is 0.410 e. The molecule has 0 aromatic carbocycles. The molecule has 6 heteroatoms. The molecule has 0 radical (unpaired) electrons. The van der Waals surface area contributed by atoms with Crippen LogP contribution in [0.5, 0.6) is 0 Å². The molecule has 1 saturated heterocycles. The van der Waals surface area contributed by atoms with Crippen molar-refractivity contribution in [3.05, 3.63) is 30.1 Å². The van der Waals surface area contributed by atoms with Crippen molar-refractivity contribution >= 4 is 6.09 Å². The first kappa shape index (κ1) is 16.7. The molecule has 0 saturated carbocycles. The van der Waals surface area contributed by atoms with Crippen molar-refractivity contribution in [3.63, 3.8) is 0 Å². The molecule has 2 heterocycles. The third-order valence-electron chi connectivity index (χ3n) is 3.38. The number of carbonyl (C=O) groups excluding carboxylic acids is 1. The van der Waals surface area contributed by atoms with Crippen LogP contribution in [0.3, 0.4) is 0 Å². The predicted molar refractivity (Wildman–Crippen MR) is 81.5 cm³/mol. The van der Waals surface area contributed by atoms with E-state index in [4.69, 9.17) is 9.47 Å². The lowest BCUT2D eigenvalue weighted by Gasteiger charge is -2.38. The number of morpholine rings is 1. The molecule has 2 atom stereocenters. The third-order valence-corrected chi connectivity index (χ3v) is 3.38. The van der Waals surface area contributed by atoms with Crippen LogP contribution in [-0.2, 0) is 15.9 Å². The summed E-state index contributed by atoms with van der Waals surface area (Å²) in [6.07, 6.45) is 0.891. The van der Waals surface area contributed by atoms with Gasteiger partial charge in [-0.2, -0.15) is 0 Å². The summed E-state index contributed by atoms with van der Waals surface area (Å²) in [4.78, 5) is 18.1. The second-order valence-electron chi connectivity index (χ2n) is 6.41. The van der Waals surface area contributed by atoms with Crippen molar-refractivity contribution in [1.29, 1.82) is 0 Å². The second-order valence-corrected chi connectivity index (χ2v) is 6.41. The van der Waals surface area contributed by atoms with Gasteiger partial charge in [-0.3, -0.25) is 9.88 Å². The van der Waals surface area contributed by atoms with E-state index in [1.807, 2.05) is 39.0 Å². The molecule has 0 aliphatic carbocycles. The van der Waals surface area contributed by atoms with Crippen molar-refractivity contribution in [2.75, 3.05) is 19.8 Å². The van der Waals surface area contributed by atoms with Crippen LogP contribution in [0.4, 0.5) is 4.79 Å². The van der Waals surface area contributed by atoms with Gasteiger partial charge in [0.15, 0.2) is 0 Å². The molecule has 122 valence electrons. The first-order chi connectivity index (χ1) is 10.4. The number of aliphatic hydroxyl groups is 1. The van der Waals surface area contributed by atoms with Gasteiger partial charge in [0.1, 0.15) is 5.60 Å². The van der Waals surface area contributed by atoms with Gasteiger partial charge in [-0.05, 0) is 32.9 Å². The Bertz CT molecular complexity index is 487. The van der Waals surface area contributed by atoms with Gasteiger partial charge >= 0.3 is 6.09 Å². The van der Waals surface area contributed by atoms with Crippen molar-refractivity contribution < 1.29 is 19.4 Å². The Labute approximate surface area is 131 Å². The van der Waals surface area contributed by atoms with E-state index >= 15 is 0 Å². The molecular formula is C16H24N2O4. The number of pyridine rings is 1. The standard InChI is InChI=1S/C16H24N2O4/c1-16(2,3)22-15(20)18-8-9-21-11-13(18)14(19)10-12-6-4-5-7-17-12/h4-7,13-14,19H,8-11H2,1-3H3. The molecule has 1 fully saturated rings. The van der Waals surface area contributed by atoms with Crippen LogP contribution in [0.1, 0.15) is 26.5 Å². The fourth-order valence-electron chi connectivity index (χ4n) is 2.36. The number of aliphatic hydroxyl groups excluding tert-OH is 1. The molecule has 1 aliphatic rings. The molecule has 6 nitrogen and oxygen atoms in total. The topological polar surface area (TPSA) is 71.9 Å². The molecule has 0 bridgehead atoms. The highest BCUT2D eigenvalue weighted by Gasteiger charge is 2.35. The number of carbonyl (C=O) groups is 1. The monoisotopic (exact) mass is 308 g/mol. The SMILES string of the molecule is CC(C)(C)OC(=O)N1CCOCC1C(O)Cc1ccccn1. The van der Waals surface area contributed by atoms with Crippen molar-refractivity contribution in [2.24, 2.45) is 0 Å². The molecule has 22 heavy (non-hydrogen) atoms. The van der Waals surface area contributed by atoms with Gasteiger partial charge in [0, 0.05) is 24.9 Å². The second kappa shape index (κ2) is 7.07. The van der Waals surface area contributed by atoms with Crippen LogP contribution in [0.15, 0.2) is 24.4 Å². The van der Waals surface area contributed by atoms with E-state index in [9.17, 15) is 9.90 Å². The lowest BCUT2D eigenvalue weighted by atomic mass is 10.0. The molecule has 1 aromatic heterocycles. The highest BCUT2D eigenvalue weighted by Crippen LogP contribution is 2.18. The Morgan fingerprint density at radius 1 is 1.55 bits per heavy atom. The van der Waals surface area contributed by atoms with Gasteiger partial charge < -0.3 is 14.6 Å². The summed E-state index contributed by atoms with van der Waals surface area (Å²) in [5.41, 5.74) is 0.219. The molecular weight excluding hydrogens is 284 g/mol. The Morgan fingerprint density at radius 2 is 2.32 bits per heavy atom. The number of rotatable bonds is 3. The number of aromatic nitrogens is 1. The van der Waals surface area contributed by atoms with Crippen LogP contribution in [0.25, 0.3) is 0 Å². The van der Waals surface area contributed by atoms with E-state index < -0.39 is 23.8 Å². The minimum atomic E-state index is -0.747. The molecule has 2 rings (SSSR count). The molecule has 1 aromatic rings. The van der Waals surface area contributed by atoms with Crippen molar-refractivity contribution in [3.8, 4) is 0 Å². The quantitative estimate of drug-likeness (QED) is 0.918. The minimum Gasteiger partial charge on any atom is -0.444 e. The molecule has 2 unspecified atom stereocenters. The van der Waals surface area contributed by atoms with Gasteiger partial charge in [0.25, 0.3) is 0 Å². The number of ether oxygens (including phenoxy) is 2. The largest absolute Gasteiger partial charge is 0.444 e. The summed E-state index contributed by atoms with van der Waals surface area (Å²) < 4.78 is 10.8. The van der Waals surface area contributed by atoms with Gasteiger partial charge in [-0.25, -0.2) is 4.79 Å². The summed E-state index contributed by atoms with van der Waals surface area (Å²) in [6.45, 7) is 6.64. The average molecular weight is 308 g/mol. The molecule has 1 amide bonds. The fraction of sp³-hybridized carbons (Fsp3) is 0.625. The Hall–Kier alpha value is -1.66. The average Bonchev–Trinajstić information content (AvgIpc) is 2.46. The van der Waals surface area contributed by atoms with Crippen LogP contribution >= 0.6 is 0 Å². The summed E-state index contributed by atoms with van der Waals surface area (Å²) in [6, 6.07) is 5.13. The van der Waals surface area contributed by atoms with E-state index in [-0.39, 0.29) is 0 Å². The summed E-state index contributed by atoms with van der Waals surface area (Å²) in [5.74, 6) is 0. The van der Waals surface area contributed by atoms with E-state index in [0.717, 1.165) is 5.69 Å². The first-order valence-corrected chi connectivity index (χ1v) is 7.52. The lowest BCUT2D eigenvalue weighted by Crippen LogP contribution is -2.55. The zero-order chi connectivity index (χ0) is 16.2. The van der Waals surface area contributed by atoms with Crippen LogP contribution in [-0.4, -0.2) is 58.6 Å². The number of hydrogen-bond donors (Lipinski definition) is 1. The zero-order valence-electron chi connectivity index (χ0n) is 13.4. The van der Waals surface area contributed by atoms with Gasteiger partial charge in [0.2, 0.25) is 0 Å². The summed E-state index contributed by atoms with van der Waals surface area (Å²) in [7, 11) is 0. The fourth-order valence-corrected chi connectivity index (χ4v) is 2.36. The predicted octanol–water partition coefficient (Wildman–Crippen LogP) is 1.62. The van der Waals surface area contributed by atoms with Gasteiger partial charge in [-0.1, -0.05) is 6.07 Å².